The first-order chi connectivity index (χ1) is 7.99. The van der Waals surface area contributed by atoms with Gasteiger partial charge in [-0.2, -0.15) is 0 Å². The number of halogens is 1. The lowest BCUT2D eigenvalue weighted by atomic mass is 10.1. The largest absolute Gasteiger partial charge is 0.481 e. The molecule has 0 amide bonds. The Kier molecular flexibility index (Phi) is 4.96. The molecular weight excluding hydrogens is 290 g/mol. The zero-order chi connectivity index (χ0) is 12.8. The Balaban J connectivity index is 2.57. The molecule has 0 saturated heterocycles. The minimum atomic E-state index is -1.12. The lowest BCUT2D eigenvalue weighted by Crippen LogP contribution is -2.25. The number of carboxylic acids is 2. The molecule has 0 aromatic heterocycles. The summed E-state index contributed by atoms with van der Waals surface area (Å²) in [4.78, 5) is 21.3. The van der Waals surface area contributed by atoms with Crippen LogP contribution in [-0.4, -0.2) is 28.7 Å². The van der Waals surface area contributed by atoms with Crippen molar-refractivity contribution in [2.24, 2.45) is 5.92 Å². The third kappa shape index (κ3) is 4.86. The molecule has 0 aliphatic heterocycles. The van der Waals surface area contributed by atoms with Gasteiger partial charge in [0.05, 0.1) is 12.3 Å². The predicted octanol–water partition coefficient (Wildman–Crippen LogP) is 2.04. The normalized spacial score (nSPS) is 11.8. The average Bonchev–Trinajstić information content (AvgIpc) is 2.23. The highest BCUT2D eigenvalue weighted by Crippen LogP contribution is 2.16. The fraction of sp³-hybridized carbons (Fsp3) is 0.273. The Morgan fingerprint density at radius 1 is 1.35 bits per heavy atom. The van der Waals surface area contributed by atoms with Crippen molar-refractivity contribution in [1.29, 1.82) is 0 Å². The molecule has 1 aromatic carbocycles. The van der Waals surface area contributed by atoms with E-state index in [1.54, 1.807) is 18.2 Å². The van der Waals surface area contributed by atoms with Crippen molar-refractivity contribution >= 4 is 33.6 Å². The van der Waals surface area contributed by atoms with Gasteiger partial charge in [0.2, 0.25) is 0 Å². The third-order valence-corrected chi connectivity index (χ3v) is 2.64. The number of nitrogens with one attached hydrogen (secondary N) is 1. The minimum absolute atomic E-state index is 0.0814. The lowest BCUT2D eigenvalue weighted by molar-refractivity contribution is -0.147. The minimum Gasteiger partial charge on any atom is -0.481 e. The van der Waals surface area contributed by atoms with Crippen LogP contribution in [0.3, 0.4) is 0 Å². The molecule has 0 aliphatic rings. The lowest BCUT2D eigenvalue weighted by Gasteiger charge is -2.12. The number of anilines is 1. The predicted molar refractivity (Wildman–Crippen MR) is 66.0 cm³/mol. The van der Waals surface area contributed by atoms with E-state index in [1.165, 1.54) is 0 Å². The van der Waals surface area contributed by atoms with Crippen molar-refractivity contribution in [2.75, 3.05) is 11.9 Å². The third-order valence-electron chi connectivity index (χ3n) is 2.15. The van der Waals surface area contributed by atoms with Gasteiger partial charge < -0.3 is 15.5 Å². The Morgan fingerprint density at radius 2 is 2.06 bits per heavy atom. The highest BCUT2D eigenvalue weighted by molar-refractivity contribution is 9.10. The van der Waals surface area contributed by atoms with Crippen LogP contribution in [0.5, 0.6) is 0 Å². The standard InChI is InChI=1S/C11H12BrNO4/c12-8-2-1-3-9(5-8)13-6-7(11(16)17)4-10(14)15/h1-3,5,7,13H,4,6H2,(H,14,15)(H,16,17). The molecule has 0 fully saturated rings. The molecule has 0 bridgehead atoms. The Hall–Kier alpha value is -1.56. The fourth-order valence-electron chi connectivity index (χ4n) is 1.30. The molecule has 6 heteroatoms. The summed E-state index contributed by atoms with van der Waals surface area (Å²) in [5, 5.41) is 20.3. The number of hydrogen-bond acceptors (Lipinski definition) is 3. The van der Waals surface area contributed by atoms with Crippen molar-refractivity contribution in [1.82, 2.24) is 0 Å². The SMILES string of the molecule is O=C(O)CC(CNc1cccc(Br)c1)C(=O)O. The molecule has 1 atom stereocenters. The number of rotatable bonds is 6. The molecule has 0 spiro atoms. The molecule has 0 radical (unpaired) electrons. The van der Waals surface area contributed by atoms with Crippen molar-refractivity contribution in [3.8, 4) is 0 Å². The van der Waals surface area contributed by atoms with Gasteiger partial charge in [-0.3, -0.25) is 9.59 Å². The van der Waals surface area contributed by atoms with E-state index in [0.29, 0.717) is 0 Å². The summed E-state index contributed by atoms with van der Waals surface area (Å²) in [7, 11) is 0. The van der Waals surface area contributed by atoms with Gasteiger partial charge in [0.1, 0.15) is 0 Å². The van der Waals surface area contributed by atoms with Gasteiger partial charge in [-0.25, -0.2) is 0 Å². The van der Waals surface area contributed by atoms with Gasteiger partial charge >= 0.3 is 11.9 Å². The first-order valence-electron chi connectivity index (χ1n) is 4.93. The molecule has 92 valence electrons. The van der Waals surface area contributed by atoms with Crippen molar-refractivity contribution in [3.63, 3.8) is 0 Å². The maximum atomic E-state index is 10.8. The maximum absolute atomic E-state index is 10.8. The second-order valence-corrected chi connectivity index (χ2v) is 4.44. The number of carboxylic acid groups (broad SMARTS) is 2. The van der Waals surface area contributed by atoms with E-state index < -0.39 is 24.3 Å². The van der Waals surface area contributed by atoms with Gasteiger partial charge in [-0.1, -0.05) is 22.0 Å². The zero-order valence-electron chi connectivity index (χ0n) is 8.89. The number of carbonyl (C=O) groups is 2. The fourth-order valence-corrected chi connectivity index (χ4v) is 1.70. The van der Waals surface area contributed by atoms with Crippen molar-refractivity contribution < 1.29 is 19.8 Å². The van der Waals surface area contributed by atoms with Crippen LogP contribution in [0.2, 0.25) is 0 Å². The van der Waals surface area contributed by atoms with E-state index in [9.17, 15) is 9.59 Å². The van der Waals surface area contributed by atoms with E-state index in [0.717, 1.165) is 10.2 Å². The van der Waals surface area contributed by atoms with Crippen LogP contribution in [0.15, 0.2) is 28.7 Å². The first-order valence-corrected chi connectivity index (χ1v) is 5.72. The zero-order valence-corrected chi connectivity index (χ0v) is 10.5. The van der Waals surface area contributed by atoms with Gasteiger partial charge in [0, 0.05) is 16.7 Å². The van der Waals surface area contributed by atoms with Gasteiger partial charge in [-0.15, -0.1) is 0 Å². The van der Waals surface area contributed by atoms with Crippen LogP contribution in [0.4, 0.5) is 5.69 Å². The summed E-state index contributed by atoms with van der Waals surface area (Å²) in [5.74, 6) is -3.17. The molecule has 0 heterocycles. The number of aliphatic carboxylic acids is 2. The van der Waals surface area contributed by atoms with Crippen LogP contribution in [-0.2, 0) is 9.59 Å². The molecule has 1 rings (SSSR count). The second kappa shape index (κ2) is 6.24. The molecule has 0 aliphatic carbocycles. The topological polar surface area (TPSA) is 86.6 Å². The monoisotopic (exact) mass is 301 g/mol. The first kappa shape index (κ1) is 13.5. The smallest absolute Gasteiger partial charge is 0.308 e. The molecular formula is C11H12BrNO4. The molecule has 0 saturated carbocycles. The second-order valence-electron chi connectivity index (χ2n) is 3.52. The molecule has 3 N–H and O–H groups in total. The maximum Gasteiger partial charge on any atom is 0.308 e. The average molecular weight is 302 g/mol. The summed E-state index contributed by atoms with van der Waals surface area (Å²) in [6.45, 7) is 0.0814. The van der Waals surface area contributed by atoms with Crippen LogP contribution < -0.4 is 5.32 Å². The van der Waals surface area contributed by atoms with Gasteiger partial charge in [0.15, 0.2) is 0 Å². The van der Waals surface area contributed by atoms with E-state index in [1.807, 2.05) is 6.07 Å². The van der Waals surface area contributed by atoms with Crippen LogP contribution in [0.1, 0.15) is 6.42 Å². The van der Waals surface area contributed by atoms with E-state index in [-0.39, 0.29) is 6.54 Å². The quantitative estimate of drug-likeness (QED) is 0.748. The highest BCUT2D eigenvalue weighted by atomic mass is 79.9. The van der Waals surface area contributed by atoms with Gasteiger partial charge in [0.25, 0.3) is 0 Å². The summed E-state index contributed by atoms with van der Waals surface area (Å²) in [5.41, 5.74) is 0.746. The van der Waals surface area contributed by atoms with Gasteiger partial charge in [-0.05, 0) is 18.2 Å². The number of hydrogen-bond donors (Lipinski definition) is 3. The summed E-state index contributed by atoms with van der Waals surface area (Å²) in [6.07, 6.45) is -0.393. The van der Waals surface area contributed by atoms with Crippen LogP contribution in [0.25, 0.3) is 0 Å². The number of benzene rings is 1. The van der Waals surface area contributed by atoms with Crippen LogP contribution in [0, 0.1) is 5.92 Å². The molecule has 1 unspecified atom stereocenters. The van der Waals surface area contributed by atoms with E-state index in [4.69, 9.17) is 10.2 Å². The highest BCUT2D eigenvalue weighted by Gasteiger charge is 2.20. The Labute approximate surface area is 107 Å². The Morgan fingerprint density at radius 3 is 2.59 bits per heavy atom. The molecule has 1 aromatic rings. The van der Waals surface area contributed by atoms with Crippen LogP contribution >= 0.6 is 15.9 Å². The molecule has 17 heavy (non-hydrogen) atoms. The van der Waals surface area contributed by atoms with Crippen molar-refractivity contribution in [2.45, 2.75) is 6.42 Å². The van der Waals surface area contributed by atoms with E-state index >= 15 is 0 Å². The van der Waals surface area contributed by atoms with E-state index in [2.05, 4.69) is 21.2 Å². The van der Waals surface area contributed by atoms with Crippen molar-refractivity contribution in [3.05, 3.63) is 28.7 Å². The summed E-state index contributed by atoms with van der Waals surface area (Å²) < 4.78 is 0.868. The molecule has 5 nitrogen and oxygen atoms in total. The summed E-state index contributed by atoms with van der Waals surface area (Å²) >= 11 is 3.29. The Bertz CT molecular complexity index is 422. The summed E-state index contributed by atoms with van der Waals surface area (Å²) in [6, 6.07) is 7.22.